The number of aromatic nitrogens is 2. The number of rotatable bonds is 8. The van der Waals surface area contributed by atoms with Gasteiger partial charge in [-0.2, -0.15) is 0 Å². The molecule has 0 saturated carbocycles. The molecule has 190 valence electrons. The molecule has 1 saturated heterocycles. The van der Waals surface area contributed by atoms with Crippen LogP contribution in [0.4, 0.5) is 16.3 Å². The smallest absolute Gasteiger partial charge is 0.408 e. The molecule has 2 amide bonds. The first-order valence-corrected chi connectivity index (χ1v) is 12.3. The zero-order valence-electron chi connectivity index (χ0n) is 20.4. The second-order valence-corrected chi connectivity index (χ2v) is 8.81. The lowest BCUT2D eigenvalue weighted by Gasteiger charge is -2.28. The molecular weight excluding hydrogens is 470 g/mol. The summed E-state index contributed by atoms with van der Waals surface area (Å²) in [4.78, 5) is 35.8. The van der Waals surface area contributed by atoms with Crippen molar-refractivity contribution >= 4 is 34.4 Å². The zero-order chi connectivity index (χ0) is 25.5. The number of ether oxygens (including phenoxy) is 2. The number of nitrogens with one attached hydrogen (secondary N) is 3. The summed E-state index contributed by atoms with van der Waals surface area (Å²) in [6.07, 6.45) is 3.20. The van der Waals surface area contributed by atoms with Gasteiger partial charge in [-0.3, -0.25) is 4.79 Å². The highest BCUT2D eigenvalue weighted by Gasteiger charge is 2.24. The fourth-order valence-electron chi connectivity index (χ4n) is 4.32. The van der Waals surface area contributed by atoms with Gasteiger partial charge in [-0.05, 0) is 29.3 Å². The van der Waals surface area contributed by atoms with E-state index in [0.29, 0.717) is 19.0 Å². The number of carbonyl (C=O) groups excluding carboxylic acids is 2. The van der Waals surface area contributed by atoms with Gasteiger partial charge in [0, 0.05) is 36.6 Å². The van der Waals surface area contributed by atoms with E-state index in [9.17, 15) is 9.59 Å². The van der Waals surface area contributed by atoms with Crippen molar-refractivity contribution in [3.63, 3.8) is 0 Å². The second kappa shape index (κ2) is 11.6. The van der Waals surface area contributed by atoms with E-state index in [-0.39, 0.29) is 18.9 Å². The van der Waals surface area contributed by atoms with Crippen LogP contribution in [0, 0.1) is 0 Å². The number of benzene rings is 2. The van der Waals surface area contributed by atoms with E-state index in [1.165, 1.54) is 0 Å². The Morgan fingerprint density at radius 3 is 2.59 bits per heavy atom. The predicted molar refractivity (Wildman–Crippen MR) is 141 cm³/mol. The molecule has 0 aliphatic carbocycles. The molecule has 37 heavy (non-hydrogen) atoms. The number of fused-ring (bicyclic) bond motifs is 1. The van der Waals surface area contributed by atoms with Gasteiger partial charge >= 0.3 is 6.09 Å². The Balaban J connectivity index is 1.28. The van der Waals surface area contributed by atoms with Gasteiger partial charge < -0.3 is 30.0 Å². The minimum atomic E-state index is -0.872. The monoisotopic (exact) mass is 499 g/mol. The molecule has 2 aromatic carbocycles. The maximum absolute atomic E-state index is 13.3. The topological polar surface area (TPSA) is 109 Å². The van der Waals surface area contributed by atoms with E-state index in [0.717, 1.165) is 40.8 Å². The minimum absolute atomic E-state index is 0.110. The molecule has 1 atom stereocenters. The third-order valence-electron chi connectivity index (χ3n) is 6.30. The fourth-order valence-corrected chi connectivity index (χ4v) is 4.32. The van der Waals surface area contributed by atoms with Crippen LogP contribution < -0.4 is 15.5 Å². The second-order valence-electron chi connectivity index (χ2n) is 8.81. The van der Waals surface area contributed by atoms with Gasteiger partial charge in [0.25, 0.3) is 0 Å². The maximum atomic E-state index is 13.3. The van der Waals surface area contributed by atoms with Crippen molar-refractivity contribution in [2.45, 2.75) is 19.1 Å². The van der Waals surface area contributed by atoms with Gasteiger partial charge in [-0.15, -0.1) is 0 Å². The van der Waals surface area contributed by atoms with Gasteiger partial charge in [0.1, 0.15) is 18.5 Å². The van der Waals surface area contributed by atoms with Crippen LogP contribution in [0.1, 0.15) is 11.1 Å². The lowest BCUT2D eigenvalue weighted by atomic mass is 10.0. The molecule has 0 bridgehead atoms. The molecule has 0 radical (unpaired) electrons. The van der Waals surface area contributed by atoms with Gasteiger partial charge in [0.15, 0.2) is 0 Å². The number of carbonyl (C=O) groups is 2. The van der Waals surface area contributed by atoms with Crippen LogP contribution in [0.25, 0.3) is 10.9 Å². The number of para-hydroxylation sites is 1. The molecule has 9 heteroatoms. The van der Waals surface area contributed by atoms with Gasteiger partial charge in [-0.25, -0.2) is 9.78 Å². The molecular formula is C28H29N5O4. The van der Waals surface area contributed by atoms with Crippen molar-refractivity contribution in [3.05, 3.63) is 90.3 Å². The van der Waals surface area contributed by atoms with Crippen LogP contribution >= 0.6 is 0 Å². The first kappa shape index (κ1) is 24.3. The Morgan fingerprint density at radius 2 is 1.81 bits per heavy atom. The lowest BCUT2D eigenvalue weighted by molar-refractivity contribution is -0.118. The molecule has 1 aliphatic rings. The highest BCUT2D eigenvalue weighted by molar-refractivity contribution is 5.96. The SMILES string of the molecule is O=C(N[C@H](Cc1c[nH]c2ccccc12)C(=O)Nc1ccc(N2CCOCC2)cn1)OCc1ccccc1. The van der Waals surface area contributed by atoms with E-state index in [4.69, 9.17) is 9.47 Å². The van der Waals surface area contributed by atoms with Crippen LogP contribution in [0.2, 0.25) is 0 Å². The van der Waals surface area contributed by atoms with Crippen LogP contribution in [0.3, 0.4) is 0 Å². The summed E-state index contributed by atoms with van der Waals surface area (Å²) in [6, 6.07) is 20.0. The molecule has 9 nitrogen and oxygen atoms in total. The third-order valence-corrected chi connectivity index (χ3v) is 6.30. The van der Waals surface area contributed by atoms with Crippen molar-refractivity contribution in [3.8, 4) is 0 Å². The van der Waals surface area contributed by atoms with E-state index in [1.807, 2.05) is 66.9 Å². The van der Waals surface area contributed by atoms with Gasteiger partial charge in [0.2, 0.25) is 5.91 Å². The zero-order valence-corrected chi connectivity index (χ0v) is 20.4. The number of alkyl carbamates (subject to hydrolysis) is 1. The summed E-state index contributed by atoms with van der Waals surface area (Å²) in [5.74, 6) is 0.0268. The van der Waals surface area contributed by atoms with Crippen molar-refractivity contribution in [2.75, 3.05) is 36.5 Å². The number of hydrogen-bond acceptors (Lipinski definition) is 6. The number of amides is 2. The molecule has 0 unspecified atom stereocenters. The summed E-state index contributed by atoms with van der Waals surface area (Å²) < 4.78 is 10.8. The number of hydrogen-bond donors (Lipinski definition) is 3. The van der Waals surface area contributed by atoms with Gasteiger partial charge in [-0.1, -0.05) is 48.5 Å². The summed E-state index contributed by atoms with van der Waals surface area (Å²) in [6.45, 7) is 3.07. The molecule has 5 rings (SSSR count). The summed E-state index contributed by atoms with van der Waals surface area (Å²) in [5, 5.41) is 6.57. The van der Waals surface area contributed by atoms with E-state index >= 15 is 0 Å². The molecule has 3 heterocycles. The summed E-state index contributed by atoms with van der Waals surface area (Å²) in [7, 11) is 0. The highest BCUT2D eigenvalue weighted by Crippen LogP contribution is 2.20. The van der Waals surface area contributed by atoms with E-state index in [2.05, 4.69) is 25.5 Å². The van der Waals surface area contributed by atoms with Crippen molar-refractivity contribution in [1.29, 1.82) is 0 Å². The quantitative estimate of drug-likeness (QED) is 0.340. The number of pyridine rings is 1. The molecule has 1 aliphatic heterocycles. The van der Waals surface area contributed by atoms with Crippen molar-refractivity contribution in [1.82, 2.24) is 15.3 Å². The predicted octanol–water partition coefficient (Wildman–Crippen LogP) is 3.88. The average molecular weight is 500 g/mol. The van der Waals surface area contributed by atoms with Crippen LogP contribution in [-0.4, -0.2) is 54.3 Å². The summed E-state index contributed by atoms with van der Waals surface area (Å²) >= 11 is 0. The lowest BCUT2D eigenvalue weighted by Crippen LogP contribution is -2.45. The fraction of sp³-hybridized carbons (Fsp3) is 0.250. The van der Waals surface area contributed by atoms with E-state index < -0.39 is 12.1 Å². The Kier molecular flexibility index (Phi) is 7.61. The largest absolute Gasteiger partial charge is 0.445 e. The van der Waals surface area contributed by atoms with Crippen LogP contribution in [0.15, 0.2) is 79.1 Å². The molecule has 2 aromatic heterocycles. The molecule has 0 spiro atoms. The number of aromatic amines is 1. The Labute approximate surface area is 214 Å². The van der Waals surface area contributed by atoms with Crippen molar-refractivity contribution in [2.24, 2.45) is 0 Å². The van der Waals surface area contributed by atoms with Gasteiger partial charge in [0.05, 0.1) is 25.1 Å². The minimum Gasteiger partial charge on any atom is -0.445 e. The number of nitrogens with zero attached hydrogens (tertiary/aromatic N) is 2. The molecule has 3 N–H and O–H groups in total. The summed E-state index contributed by atoms with van der Waals surface area (Å²) in [5.41, 5.74) is 3.71. The standard InChI is InChI=1S/C28H29N5O4/c34-27(32-26-11-10-22(18-30-26)33-12-14-36-15-13-33)25(16-21-17-29-24-9-5-4-8-23(21)24)31-28(35)37-19-20-6-2-1-3-7-20/h1-11,17-18,25,29H,12-16,19H2,(H,31,35)(H,30,32,34)/t25-/m1/s1. The van der Waals surface area contributed by atoms with Crippen molar-refractivity contribution < 1.29 is 19.1 Å². The normalized spacial score (nSPS) is 14.2. The Morgan fingerprint density at radius 1 is 1.03 bits per heavy atom. The Hall–Kier alpha value is -4.37. The number of H-pyrrole nitrogens is 1. The van der Waals surface area contributed by atoms with E-state index in [1.54, 1.807) is 12.3 Å². The third kappa shape index (κ3) is 6.25. The first-order chi connectivity index (χ1) is 18.2. The highest BCUT2D eigenvalue weighted by atomic mass is 16.5. The molecule has 4 aromatic rings. The maximum Gasteiger partial charge on any atom is 0.408 e. The van der Waals surface area contributed by atoms with Crippen LogP contribution in [-0.2, 0) is 27.3 Å². The number of morpholine rings is 1. The van der Waals surface area contributed by atoms with Crippen LogP contribution in [0.5, 0.6) is 0 Å². The molecule has 1 fully saturated rings. The average Bonchev–Trinajstić information content (AvgIpc) is 3.36. The Bertz CT molecular complexity index is 1330. The number of anilines is 2. The first-order valence-electron chi connectivity index (χ1n) is 12.3.